The van der Waals surface area contributed by atoms with E-state index < -0.39 is 0 Å². The SMILES string of the molecule is C=C(C)C(=O)SCCSC(C)SCCSC(=O)C(=C)C. The highest BCUT2D eigenvalue weighted by Crippen LogP contribution is 2.25. The van der Waals surface area contributed by atoms with E-state index >= 15 is 0 Å². The molecule has 0 amide bonds. The Kier molecular flexibility index (Phi) is 12.0. The average Bonchev–Trinajstić information content (AvgIpc) is 2.38. The zero-order valence-corrected chi connectivity index (χ0v) is 15.5. The van der Waals surface area contributed by atoms with E-state index in [1.54, 1.807) is 13.8 Å². The van der Waals surface area contributed by atoms with Crippen LogP contribution in [0.15, 0.2) is 24.3 Å². The van der Waals surface area contributed by atoms with Crippen molar-refractivity contribution in [1.82, 2.24) is 0 Å². The molecule has 0 fully saturated rings. The van der Waals surface area contributed by atoms with Crippen LogP contribution in [0, 0.1) is 0 Å². The van der Waals surface area contributed by atoms with E-state index in [0.717, 1.165) is 23.0 Å². The van der Waals surface area contributed by atoms with Crippen LogP contribution in [0.25, 0.3) is 0 Å². The number of hydrogen-bond donors (Lipinski definition) is 0. The monoisotopic (exact) mass is 350 g/mol. The first-order valence-electron chi connectivity index (χ1n) is 6.23. The highest BCUT2D eigenvalue weighted by Gasteiger charge is 2.07. The molecular weight excluding hydrogens is 328 g/mol. The minimum Gasteiger partial charge on any atom is -0.282 e. The van der Waals surface area contributed by atoms with Crippen LogP contribution in [0.3, 0.4) is 0 Å². The normalized spacial score (nSPS) is 10.6. The van der Waals surface area contributed by atoms with Crippen LogP contribution >= 0.6 is 47.0 Å². The molecule has 114 valence electrons. The lowest BCUT2D eigenvalue weighted by Gasteiger charge is -2.10. The van der Waals surface area contributed by atoms with E-state index in [1.165, 1.54) is 23.5 Å². The van der Waals surface area contributed by atoms with Gasteiger partial charge in [-0.25, -0.2) is 0 Å². The van der Waals surface area contributed by atoms with E-state index in [2.05, 4.69) is 20.1 Å². The predicted octanol–water partition coefficient (Wildman–Crippen LogP) is 4.47. The minimum atomic E-state index is 0.0839. The quantitative estimate of drug-likeness (QED) is 0.328. The Morgan fingerprint density at radius 1 is 0.850 bits per heavy atom. The van der Waals surface area contributed by atoms with Crippen molar-refractivity contribution >= 4 is 57.3 Å². The highest BCUT2D eigenvalue weighted by molar-refractivity contribution is 8.19. The second-order valence-electron chi connectivity index (χ2n) is 4.14. The van der Waals surface area contributed by atoms with Crippen LogP contribution in [0.1, 0.15) is 20.8 Å². The molecule has 0 rings (SSSR count). The van der Waals surface area contributed by atoms with Crippen LogP contribution in [-0.4, -0.2) is 37.8 Å². The lowest BCUT2D eigenvalue weighted by Crippen LogP contribution is -2.00. The van der Waals surface area contributed by atoms with Crippen molar-refractivity contribution in [3.63, 3.8) is 0 Å². The molecule has 0 radical (unpaired) electrons. The van der Waals surface area contributed by atoms with Gasteiger partial charge in [0.25, 0.3) is 0 Å². The van der Waals surface area contributed by atoms with Crippen molar-refractivity contribution < 1.29 is 9.59 Å². The molecule has 0 aromatic heterocycles. The Labute approximate surface area is 139 Å². The van der Waals surface area contributed by atoms with Crippen molar-refractivity contribution in [2.75, 3.05) is 23.0 Å². The first-order chi connectivity index (χ1) is 9.34. The maximum absolute atomic E-state index is 11.3. The summed E-state index contributed by atoms with van der Waals surface area (Å²) in [5.74, 6) is 3.56. The van der Waals surface area contributed by atoms with Crippen LogP contribution < -0.4 is 0 Å². The fourth-order valence-corrected chi connectivity index (χ4v) is 4.92. The molecule has 0 atom stereocenters. The molecule has 0 saturated heterocycles. The van der Waals surface area contributed by atoms with Crippen molar-refractivity contribution in [2.45, 2.75) is 25.4 Å². The molecule has 20 heavy (non-hydrogen) atoms. The third-order valence-electron chi connectivity index (χ3n) is 2.04. The van der Waals surface area contributed by atoms with Crippen LogP contribution in [0.2, 0.25) is 0 Å². The van der Waals surface area contributed by atoms with Gasteiger partial charge in [-0.3, -0.25) is 9.59 Å². The standard InChI is InChI=1S/C14H22O2S4/c1-10(2)13(15)19-8-6-17-12(5)18-7-9-20-14(16)11(3)4/h12H,1,3,6-9H2,2,4-5H3. The van der Waals surface area contributed by atoms with Crippen molar-refractivity contribution in [2.24, 2.45) is 0 Å². The Morgan fingerprint density at radius 3 is 1.50 bits per heavy atom. The molecule has 0 aromatic carbocycles. The lowest BCUT2D eigenvalue weighted by atomic mass is 10.4. The number of carbonyl (C=O) groups is 2. The Hall–Kier alpha value is 0.220. The van der Waals surface area contributed by atoms with Gasteiger partial charge >= 0.3 is 0 Å². The summed E-state index contributed by atoms with van der Waals surface area (Å²) in [5.41, 5.74) is 1.23. The Morgan fingerprint density at radius 2 is 1.20 bits per heavy atom. The summed E-state index contributed by atoms with van der Waals surface area (Å²) in [6.45, 7) is 12.9. The number of rotatable bonds is 10. The van der Waals surface area contributed by atoms with Gasteiger partial charge in [0.15, 0.2) is 0 Å². The van der Waals surface area contributed by atoms with E-state index in [-0.39, 0.29) is 10.2 Å². The van der Waals surface area contributed by atoms with Gasteiger partial charge in [0.1, 0.15) is 0 Å². The molecule has 0 bridgehead atoms. The topological polar surface area (TPSA) is 34.1 Å². The molecule has 0 N–H and O–H groups in total. The second-order valence-corrected chi connectivity index (χ2v) is 9.47. The summed E-state index contributed by atoms with van der Waals surface area (Å²) < 4.78 is 0.482. The fourth-order valence-electron chi connectivity index (χ4n) is 0.991. The summed E-state index contributed by atoms with van der Waals surface area (Å²) in [4.78, 5) is 22.6. The third-order valence-corrected chi connectivity index (χ3v) is 7.22. The molecule has 0 heterocycles. The average molecular weight is 351 g/mol. The minimum absolute atomic E-state index is 0.0839. The fraction of sp³-hybridized carbons (Fsp3) is 0.571. The summed E-state index contributed by atoms with van der Waals surface area (Å²) in [6.07, 6.45) is 0. The van der Waals surface area contributed by atoms with Crippen LogP contribution in [0.4, 0.5) is 0 Å². The number of carbonyl (C=O) groups excluding carboxylic acids is 2. The van der Waals surface area contributed by atoms with Crippen LogP contribution in [-0.2, 0) is 9.59 Å². The van der Waals surface area contributed by atoms with E-state index in [1.807, 2.05) is 23.5 Å². The van der Waals surface area contributed by atoms with E-state index in [4.69, 9.17) is 0 Å². The molecular formula is C14H22O2S4. The van der Waals surface area contributed by atoms with Crippen molar-refractivity contribution in [1.29, 1.82) is 0 Å². The second kappa shape index (κ2) is 11.8. The first-order valence-corrected chi connectivity index (χ1v) is 10.3. The smallest absolute Gasteiger partial charge is 0.214 e. The zero-order valence-electron chi connectivity index (χ0n) is 12.3. The molecule has 0 aliphatic carbocycles. The third kappa shape index (κ3) is 10.9. The largest absolute Gasteiger partial charge is 0.282 e. The van der Waals surface area contributed by atoms with Crippen molar-refractivity contribution in [3.05, 3.63) is 24.3 Å². The van der Waals surface area contributed by atoms with Gasteiger partial charge in [0.2, 0.25) is 10.2 Å². The zero-order chi connectivity index (χ0) is 15.5. The lowest BCUT2D eigenvalue weighted by molar-refractivity contribution is -0.108. The summed E-state index contributed by atoms with van der Waals surface area (Å²) in [5, 5.41) is 0.168. The van der Waals surface area contributed by atoms with Gasteiger partial charge in [-0.15, -0.1) is 23.5 Å². The van der Waals surface area contributed by atoms with E-state index in [0.29, 0.717) is 15.7 Å². The molecule has 0 saturated carbocycles. The Balaban J connectivity index is 3.53. The molecule has 2 nitrogen and oxygen atoms in total. The number of hydrogen-bond acceptors (Lipinski definition) is 6. The van der Waals surface area contributed by atoms with Gasteiger partial charge in [-0.1, -0.05) is 36.7 Å². The first kappa shape index (κ1) is 20.2. The summed E-state index contributed by atoms with van der Waals surface area (Å²) in [7, 11) is 0. The van der Waals surface area contributed by atoms with Crippen LogP contribution in [0.5, 0.6) is 0 Å². The van der Waals surface area contributed by atoms with Crippen molar-refractivity contribution in [3.8, 4) is 0 Å². The molecule has 0 aromatic rings. The van der Waals surface area contributed by atoms with Gasteiger partial charge < -0.3 is 0 Å². The number of thioether (sulfide) groups is 4. The van der Waals surface area contributed by atoms with Gasteiger partial charge in [-0.2, -0.15) is 0 Å². The van der Waals surface area contributed by atoms with E-state index in [9.17, 15) is 9.59 Å². The predicted molar refractivity (Wildman–Crippen MR) is 98.9 cm³/mol. The molecule has 0 unspecified atom stereocenters. The van der Waals surface area contributed by atoms with Gasteiger partial charge in [-0.05, 0) is 31.9 Å². The summed E-state index contributed by atoms with van der Waals surface area (Å²) >= 11 is 6.36. The highest BCUT2D eigenvalue weighted by atomic mass is 32.2. The van der Waals surface area contributed by atoms with Gasteiger partial charge in [0, 0.05) is 27.6 Å². The van der Waals surface area contributed by atoms with Gasteiger partial charge in [0.05, 0.1) is 0 Å². The maximum Gasteiger partial charge on any atom is 0.214 e. The molecule has 0 aliphatic rings. The molecule has 6 heteroatoms. The maximum atomic E-state index is 11.3. The Bertz CT molecular complexity index is 332. The molecule has 0 spiro atoms. The summed E-state index contributed by atoms with van der Waals surface area (Å²) in [6, 6.07) is 0. The molecule has 0 aliphatic heterocycles.